The molecule has 4 rings (SSSR count). The monoisotopic (exact) mass is 367 g/mol. The number of ether oxygens (including phenoxy) is 3. The molecule has 2 aromatic heterocycles. The van der Waals surface area contributed by atoms with Gasteiger partial charge in [0.2, 0.25) is 12.6 Å². The molecule has 0 amide bonds. The Morgan fingerprint density at radius 1 is 1.22 bits per heavy atom. The molecule has 1 N–H and O–H groups in total. The second-order valence-electron chi connectivity index (χ2n) is 5.47. The Morgan fingerprint density at radius 3 is 2.93 bits per heavy atom. The van der Waals surface area contributed by atoms with Crippen LogP contribution in [0.4, 0.5) is 11.5 Å². The summed E-state index contributed by atoms with van der Waals surface area (Å²) >= 11 is 0. The van der Waals surface area contributed by atoms with Gasteiger partial charge in [-0.1, -0.05) is 6.07 Å². The van der Waals surface area contributed by atoms with Crippen molar-refractivity contribution in [2.75, 3.05) is 12.1 Å². The molecule has 0 aliphatic carbocycles. The Morgan fingerprint density at radius 2 is 2.11 bits per heavy atom. The van der Waals surface area contributed by atoms with Gasteiger partial charge in [-0.2, -0.15) is 4.98 Å². The quantitative estimate of drug-likeness (QED) is 0.517. The van der Waals surface area contributed by atoms with Crippen LogP contribution in [-0.2, 0) is 6.54 Å². The summed E-state index contributed by atoms with van der Waals surface area (Å²) in [7, 11) is 0. The first kappa shape index (κ1) is 16.5. The van der Waals surface area contributed by atoms with Crippen LogP contribution in [0.5, 0.6) is 23.1 Å². The maximum absolute atomic E-state index is 11.6. The van der Waals surface area contributed by atoms with Gasteiger partial charge in [0, 0.05) is 12.7 Å². The third kappa shape index (κ3) is 3.54. The number of anilines is 1. The van der Waals surface area contributed by atoms with E-state index in [4.69, 9.17) is 14.2 Å². The fraction of sp³-hybridized carbons (Fsp3) is 0.118. The van der Waals surface area contributed by atoms with Gasteiger partial charge in [0.15, 0.2) is 11.5 Å². The number of benzene rings is 1. The Labute approximate surface area is 152 Å². The highest BCUT2D eigenvalue weighted by Crippen LogP contribution is 2.35. The Balaban J connectivity index is 1.57. The third-order valence-corrected chi connectivity index (χ3v) is 3.72. The summed E-state index contributed by atoms with van der Waals surface area (Å²) < 4.78 is 16.1. The second kappa shape index (κ2) is 7.12. The number of hydrogen-bond donors (Lipinski definition) is 1. The second-order valence-corrected chi connectivity index (χ2v) is 5.47. The Bertz CT molecular complexity index is 983. The summed E-state index contributed by atoms with van der Waals surface area (Å²) in [5.41, 5.74) is 0.490. The molecule has 27 heavy (non-hydrogen) atoms. The van der Waals surface area contributed by atoms with E-state index in [1.807, 2.05) is 6.07 Å². The zero-order valence-electron chi connectivity index (χ0n) is 13.9. The van der Waals surface area contributed by atoms with Crippen molar-refractivity contribution in [1.82, 2.24) is 15.0 Å². The molecule has 0 atom stereocenters. The van der Waals surface area contributed by atoms with Crippen molar-refractivity contribution in [3.05, 3.63) is 64.7 Å². The van der Waals surface area contributed by atoms with E-state index in [1.165, 1.54) is 12.5 Å². The van der Waals surface area contributed by atoms with Crippen LogP contribution in [0.15, 0.2) is 49.1 Å². The molecule has 0 saturated carbocycles. The number of aromatic nitrogens is 3. The number of nitrogens with zero attached hydrogens (tertiary/aromatic N) is 4. The number of rotatable bonds is 6. The molecule has 3 heterocycles. The first-order valence-corrected chi connectivity index (χ1v) is 7.90. The topological polar surface area (TPSA) is 122 Å². The molecule has 0 unspecified atom stereocenters. The highest BCUT2D eigenvalue weighted by atomic mass is 16.7. The number of hydrogen-bond acceptors (Lipinski definition) is 9. The summed E-state index contributed by atoms with van der Waals surface area (Å²) in [4.78, 5) is 22.7. The molecule has 136 valence electrons. The normalized spacial score (nSPS) is 11.9. The lowest BCUT2D eigenvalue weighted by Gasteiger charge is -2.09. The van der Waals surface area contributed by atoms with Crippen molar-refractivity contribution >= 4 is 11.5 Å². The lowest BCUT2D eigenvalue weighted by atomic mass is 10.2. The molecule has 1 aliphatic rings. The van der Waals surface area contributed by atoms with E-state index >= 15 is 0 Å². The number of fused-ring (bicyclic) bond motifs is 1. The lowest BCUT2D eigenvalue weighted by molar-refractivity contribution is -0.385. The van der Waals surface area contributed by atoms with Crippen molar-refractivity contribution < 1.29 is 19.1 Å². The minimum atomic E-state index is -0.590. The standard InChI is InChI=1S/C17H13N5O5/c23-22(24)15-16(19-7-11-3-4-13-14(6-11)26-10-25-13)20-9-21-17(15)27-12-2-1-5-18-8-12/h1-6,8-9H,7,10H2,(H,19,20,21). The van der Waals surface area contributed by atoms with Crippen LogP contribution in [0.25, 0.3) is 0 Å². The van der Waals surface area contributed by atoms with Crippen LogP contribution in [0, 0.1) is 10.1 Å². The molecule has 0 saturated heterocycles. The Hall–Kier alpha value is -3.95. The van der Waals surface area contributed by atoms with Gasteiger partial charge in [-0.25, -0.2) is 4.98 Å². The highest BCUT2D eigenvalue weighted by molar-refractivity contribution is 5.62. The Kier molecular flexibility index (Phi) is 4.35. The fourth-order valence-corrected chi connectivity index (χ4v) is 2.49. The van der Waals surface area contributed by atoms with E-state index in [9.17, 15) is 10.1 Å². The van der Waals surface area contributed by atoms with E-state index in [0.29, 0.717) is 23.8 Å². The van der Waals surface area contributed by atoms with E-state index in [0.717, 1.165) is 5.56 Å². The van der Waals surface area contributed by atoms with Crippen molar-refractivity contribution in [2.45, 2.75) is 6.54 Å². The van der Waals surface area contributed by atoms with Gasteiger partial charge in [0.1, 0.15) is 12.1 Å². The summed E-state index contributed by atoms with van der Waals surface area (Å²) in [5.74, 6) is 1.51. The van der Waals surface area contributed by atoms with Gasteiger partial charge in [0.25, 0.3) is 0 Å². The lowest BCUT2D eigenvalue weighted by Crippen LogP contribution is -2.07. The summed E-state index contributed by atoms with van der Waals surface area (Å²) in [5, 5.41) is 14.5. The number of pyridine rings is 1. The first-order valence-electron chi connectivity index (χ1n) is 7.90. The SMILES string of the molecule is O=[N+]([O-])c1c(NCc2ccc3c(c2)OCO3)ncnc1Oc1cccnc1. The van der Waals surface area contributed by atoms with Crippen LogP contribution < -0.4 is 19.5 Å². The van der Waals surface area contributed by atoms with Gasteiger partial charge in [-0.05, 0) is 29.8 Å². The molecular formula is C17H13N5O5. The molecule has 10 heteroatoms. The molecule has 1 aromatic carbocycles. The van der Waals surface area contributed by atoms with E-state index in [2.05, 4.69) is 20.3 Å². The minimum absolute atomic E-state index is 0.0477. The van der Waals surface area contributed by atoms with E-state index < -0.39 is 4.92 Å². The summed E-state index contributed by atoms with van der Waals surface area (Å²) in [6.07, 6.45) is 4.20. The molecule has 0 spiro atoms. The summed E-state index contributed by atoms with van der Waals surface area (Å²) in [6, 6.07) is 8.69. The van der Waals surface area contributed by atoms with Gasteiger partial charge in [-0.3, -0.25) is 15.1 Å². The first-order chi connectivity index (χ1) is 13.2. The maximum atomic E-state index is 11.6. The molecular weight excluding hydrogens is 354 g/mol. The highest BCUT2D eigenvalue weighted by Gasteiger charge is 2.25. The number of nitro groups is 1. The molecule has 10 nitrogen and oxygen atoms in total. The number of nitrogens with one attached hydrogen (secondary N) is 1. The van der Waals surface area contributed by atoms with Crippen LogP contribution >= 0.6 is 0 Å². The third-order valence-electron chi connectivity index (χ3n) is 3.72. The maximum Gasteiger partial charge on any atom is 0.373 e. The van der Waals surface area contributed by atoms with Crippen molar-refractivity contribution in [3.63, 3.8) is 0 Å². The molecule has 3 aromatic rings. The molecule has 0 bridgehead atoms. The van der Waals surface area contributed by atoms with Gasteiger partial charge in [-0.15, -0.1) is 0 Å². The molecule has 1 aliphatic heterocycles. The zero-order chi connectivity index (χ0) is 18.6. The minimum Gasteiger partial charge on any atom is -0.454 e. The predicted molar refractivity (Wildman–Crippen MR) is 92.9 cm³/mol. The average molecular weight is 367 g/mol. The van der Waals surface area contributed by atoms with Gasteiger partial charge in [0.05, 0.1) is 11.1 Å². The van der Waals surface area contributed by atoms with Crippen LogP contribution in [-0.4, -0.2) is 26.7 Å². The van der Waals surface area contributed by atoms with Gasteiger partial charge >= 0.3 is 11.6 Å². The largest absolute Gasteiger partial charge is 0.454 e. The van der Waals surface area contributed by atoms with Crippen LogP contribution in [0.3, 0.4) is 0 Å². The predicted octanol–water partition coefficient (Wildman–Crippen LogP) is 2.91. The smallest absolute Gasteiger partial charge is 0.373 e. The summed E-state index contributed by atoms with van der Waals surface area (Å²) in [6.45, 7) is 0.472. The van der Waals surface area contributed by atoms with Crippen molar-refractivity contribution in [3.8, 4) is 23.1 Å². The van der Waals surface area contributed by atoms with Crippen LogP contribution in [0.2, 0.25) is 0 Å². The van der Waals surface area contributed by atoms with Crippen molar-refractivity contribution in [2.24, 2.45) is 0 Å². The zero-order valence-corrected chi connectivity index (χ0v) is 13.9. The average Bonchev–Trinajstić information content (AvgIpc) is 3.15. The van der Waals surface area contributed by atoms with Crippen molar-refractivity contribution in [1.29, 1.82) is 0 Å². The van der Waals surface area contributed by atoms with Gasteiger partial charge < -0.3 is 19.5 Å². The van der Waals surface area contributed by atoms with E-state index in [1.54, 1.807) is 30.5 Å². The van der Waals surface area contributed by atoms with Crippen LogP contribution in [0.1, 0.15) is 5.56 Å². The fourth-order valence-electron chi connectivity index (χ4n) is 2.49. The molecule has 0 fully saturated rings. The van der Waals surface area contributed by atoms with E-state index in [-0.39, 0.29) is 24.2 Å². The molecule has 0 radical (unpaired) electrons.